The normalized spacial score (nSPS) is 17.4. The fourth-order valence-electron chi connectivity index (χ4n) is 3.10. The van der Waals surface area contributed by atoms with Gasteiger partial charge in [0.15, 0.2) is 11.5 Å². The van der Waals surface area contributed by atoms with Crippen molar-refractivity contribution < 1.29 is 0 Å². The topological polar surface area (TPSA) is 83.7 Å². The van der Waals surface area contributed by atoms with Crippen LogP contribution in [0.4, 0.5) is 11.5 Å². The number of nitrogens with zero attached hydrogens (tertiary/aromatic N) is 4. The summed E-state index contributed by atoms with van der Waals surface area (Å²) in [4.78, 5) is 18.2. The maximum Gasteiger partial charge on any atom is 0.182 e. The van der Waals surface area contributed by atoms with Gasteiger partial charge in [-0.15, -0.1) is 0 Å². The maximum absolute atomic E-state index is 5.76. The predicted molar refractivity (Wildman–Crippen MR) is 81.5 cm³/mol. The summed E-state index contributed by atoms with van der Waals surface area (Å²) in [5, 5.41) is 0. The van der Waals surface area contributed by atoms with Crippen LogP contribution in [-0.4, -0.2) is 33.0 Å². The van der Waals surface area contributed by atoms with Crippen LogP contribution in [0, 0.1) is 0 Å². The first-order chi connectivity index (χ1) is 10.4. The molecule has 1 aliphatic heterocycles. The lowest BCUT2D eigenvalue weighted by Crippen LogP contribution is -2.18. The van der Waals surface area contributed by atoms with Crippen molar-refractivity contribution in [3.8, 4) is 0 Å². The van der Waals surface area contributed by atoms with Crippen molar-refractivity contribution in [3.05, 3.63) is 42.5 Å². The lowest BCUT2D eigenvalue weighted by Gasteiger charge is -2.19. The lowest BCUT2D eigenvalue weighted by molar-refractivity contribution is 0.667. The molecule has 6 heteroatoms. The van der Waals surface area contributed by atoms with Crippen LogP contribution in [0.3, 0.4) is 0 Å². The number of anilines is 2. The third-order valence-electron chi connectivity index (χ3n) is 4.04. The fourth-order valence-corrected chi connectivity index (χ4v) is 3.10. The summed E-state index contributed by atoms with van der Waals surface area (Å²) in [6, 6.07) is 8.46. The van der Waals surface area contributed by atoms with Gasteiger partial charge in [0.05, 0.1) is 6.33 Å². The van der Waals surface area contributed by atoms with Gasteiger partial charge in [-0.2, -0.15) is 0 Å². The van der Waals surface area contributed by atoms with E-state index in [2.05, 4.69) is 49.1 Å². The summed E-state index contributed by atoms with van der Waals surface area (Å²) in [6.45, 7) is 1.58. The van der Waals surface area contributed by atoms with Crippen LogP contribution in [-0.2, 0) is 0 Å². The van der Waals surface area contributed by atoms with E-state index in [9.17, 15) is 0 Å². The second kappa shape index (κ2) is 4.82. The van der Waals surface area contributed by atoms with Gasteiger partial charge in [0.25, 0.3) is 0 Å². The number of nitrogens with two attached hydrogens (primary N) is 1. The minimum absolute atomic E-state index is 0.444. The quantitative estimate of drug-likeness (QED) is 0.766. The number of para-hydroxylation sites is 1. The van der Waals surface area contributed by atoms with Crippen molar-refractivity contribution >= 4 is 22.7 Å². The van der Waals surface area contributed by atoms with Crippen molar-refractivity contribution in [2.45, 2.75) is 12.3 Å². The maximum atomic E-state index is 5.76. The molecule has 0 spiro atoms. The molecule has 4 rings (SSSR count). The highest BCUT2D eigenvalue weighted by Crippen LogP contribution is 2.42. The Morgan fingerprint density at radius 1 is 1.24 bits per heavy atom. The van der Waals surface area contributed by atoms with E-state index < -0.39 is 0 Å². The van der Waals surface area contributed by atoms with Gasteiger partial charge in [-0.1, -0.05) is 18.2 Å². The molecular formula is C15H16N6. The SMILES string of the molecule is NCCC1CN(c2ncnc3nc[nH]c23)c2ccccc21. The van der Waals surface area contributed by atoms with E-state index in [1.54, 1.807) is 12.7 Å². The van der Waals surface area contributed by atoms with Crippen LogP contribution in [0.2, 0.25) is 0 Å². The molecule has 6 nitrogen and oxygen atoms in total. The minimum Gasteiger partial charge on any atom is -0.340 e. The molecule has 3 N–H and O–H groups in total. The van der Waals surface area contributed by atoms with Crippen LogP contribution in [0.1, 0.15) is 17.9 Å². The number of fused-ring (bicyclic) bond motifs is 2. The Morgan fingerprint density at radius 3 is 3.05 bits per heavy atom. The lowest BCUT2D eigenvalue weighted by atomic mass is 9.98. The third-order valence-corrected chi connectivity index (χ3v) is 4.04. The molecule has 1 aliphatic rings. The fraction of sp³-hybridized carbons (Fsp3) is 0.267. The zero-order chi connectivity index (χ0) is 14.2. The molecular weight excluding hydrogens is 264 g/mol. The summed E-state index contributed by atoms with van der Waals surface area (Å²) >= 11 is 0. The molecule has 0 saturated heterocycles. The van der Waals surface area contributed by atoms with E-state index in [1.165, 1.54) is 11.3 Å². The molecule has 0 bridgehead atoms. The number of benzene rings is 1. The Hall–Kier alpha value is -2.47. The molecule has 21 heavy (non-hydrogen) atoms. The van der Waals surface area contributed by atoms with Crippen molar-refractivity contribution in [1.29, 1.82) is 0 Å². The third kappa shape index (κ3) is 1.87. The number of nitrogens with one attached hydrogen (secondary N) is 1. The van der Waals surface area contributed by atoms with E-state index in [4.69, 9.17) is 5.73 Å². The van der Waals surface area contributed by atoms with E-state index in [0.29, 0.717) is 18.1 Å². The molecule has 1 unspecified atom stereocenters. The summed E-state index contributed by atoms with van der Waals surface area (Å²) in [6.07, 6.45) is 4.20. The highest BCUT2D eigenvalue weighted by molar-refractivity contribution is 5.87. The predicted octanol–water partition coefficient (Wildman–Crippen LogP) is 1.94. The Morgan fingerprint density at radius 2 is 2.14 bits per heavy atom. The van der Waals surface area contributed by atoms with Gasteiger partial charge in [-0.3, -0.25) is 0 Å². The molecule has 2 aromatic heterocycles. The zero-order valence-electron chi connectivity index (χ0n) is 11.5. The molecule has 0 saturated carbocycles. The molecule has 0 radical (unpaired) electrons. The number of hydrogen-bond donors (Lipinski definition) is 2. The number of aromatic nitrogens is 4. The van der Waals surface area contributed by atoms with Crippen molar-refractivity contribution in [3.63, 3.8) is 0 Å². The number of aromatic amines is 1. The monoisotopic (exact) mass is 280 g/mol. The Balaban J connectivity index is 1.85. The van der Waals surface area contributed by atoms with E-state index in [1.807, 2.05) is 0 Å². The number of hydrogen-bond acceptors (Lipinski definition) is 5. The molecule has 1 aromatic carbocycles. The minimum atomic E-state index is 0.444. The summed E-state index contributed by atoms with van der Waals surface area (Å²) in [5.41, 5.74) is 9.87. The highest BCUT2D eigenvalue weighted by Gasteiger charge is 2.30. The van der Waals surface area contributed by atoms with E-state index >= 15 is 0 Å². The molecule has 3 aromatic rings. The molecule has 1 atom stereocenters. The largest absolute Gasteiger partial charge is 0.340 e. The molecule has 0 amide bonds. The Kier molecular flexibility index (Phi) is 2.82. The second-order valence-corrected chi connectivity index (χ2v) is 5.24. The van der Waals surface area contributed by atoms with Gasteiger partial charge < -0.3 is 15.6 Å². The average molecular weight is 280 g/mol. The van der Waals surface area contributed by atoms with Crippen LogP contribution < -0.4 is 10.6 Å². The van der Waals surface area contributed by atoms with Crippen molar-refractivity contribution in [2.24, 2.45) is 5.73 Å². The first kappa shape index (κ1) is 12.3. The zero-order valence-corrected chi connectivity index (χ0v) is 11.5. The Bertz CT molecular complexity index is 780. The molecule has 3 heterocycles. The molecule has 0 fully saturated rings. The van der Waals surface area contributed by atoms with E-state index in [0.717, 1.165) is 24.3 Å². The van der Waals surface area contributed by atoms with Crippen LogP contribution in [0.15, 0.2) is 36.9 Å². The first-order valence-electron chi connectivity index (χ1n) is 7.09. The Labute approximate surface area is 122 Å². The molecule has 0 aliphatic carbocycles. The van der Waals surface area contributed by atoms with Crippen LogP contribution in [0.25, 0.3) is 11.2 Å². The van der Waals surface area contributed by atoms with E-state index in [-0.39, 0.29) is 0 Å². The smallest absolute Gasteiger partial charge is 0.182 e. The first-order valence-corrected chi connectivity index (χ1v) is 7.09. The van der Waals surface area contributed by atoms with Gasteiger partial charge in [0.2, 0.25) is 0 Å². The second-order valence-electron chi connectivity index (χ2n) is 5.24. The number of H-pyrrole nitrogens is 1. The van der Waals surface area contributed by atoms with Gasteiger partial charge in [-0.25, -0.2) is 15.0 Å². The summed E-state index contributed by atoms with van der Waals surface area (Å²) in [5.74, 6) is 1.32. The van der Waals surface area contributed by atoms with Crippen molar-refractivity contribution in [2.75, 3.05) is 18.0 Å². The van der Waals surface area contributed by atoms with Gasteiger partial charge in [0.1, 0.15) is 11.8 Å². The van der Waals surface area contributed by atoms with Gasteiger partial charge in [0, 0.05) is 18.2 Å². The van der Waals surface area contributed by atoms with Crippen LogP contribution in [0.5, 0.6) is 0 Å². The summed E-state index contributed by atoms with van der Waals surface area (Å²) in [7, 11) is 0. The van der Waals surface area contributed by atoms with Crippen LogP contribution >= 0.6 is 0 Å². The average Bonchev–Trinajstić information content (AvgIpc) is 3.12. The van der Waals surface area contributed by atoms with Gasteiger partial charge in [-0.05, 0) is 24.6 Å². The van der Waals surface area contributed by atoms with Crippen molar-refractivity contribution in [1.82, 2.24) is 19.9 Å². The molecule has 106 valence electrons. The van der Waals surface area contributed by atoms with Gasteiger partial charge >= 0.3 is 0 Å². The number of imidazole rings is 1. The highest BCUT2D eigenvalue weighted by atomic mass is 15.2. The standard InChI is InChI=1S/C15H16N6/c16-6-5-10-7-21(12-4-2-1-3-11(10)12)15-13-14(18-8-17-13)19-9-20-15/h1-4,8-10H,5-7,16H2,(H,17,18,19,20). The summed E-state index contributed by atoms with van der Waals surface area (Å²) < 4.78 is 0. The number of rotatable bonds is 3.